The Hall–Kier alpha value is -4.51. The summed E-state index contributed by atoms with van der Waals surface area (Å²) in [5, 5.41) is 8.25. The summed E-state index contributed by atoms with van der Waals surface area (Å²) >= 11 is 0. The van der Waals surface area contributed by atoms with Crippen LogP contribution in [0, 0.1) is 11.8 Å². The number of carbonyl (C=O) groups is 1. The summed E-state index contributed by atoms with van der Waals surface area (Å²) in [4.78, 5) is 17.0. The molecule has 1 N–H and O–H groups in total. The van der Waals surface area contributed by atoms with Crippen LogP contribution in [0.25, 0.3) is 22.2 Å². The molecule has 2 aromatic heterocycles. The van der Waals surface area contributed by atoms with Crippen LogP contribution in [0.15, 0.2) is 60.8 Å². The Morgan fingerprint density at radius 2 is 1.88 bits per heavy atom. The maximum atomic E-state index is 12.7. The first-order valence-electron chi connectivity index (χ1n) is 10.6. The molecule has 0 bridgehead atoms. The minimum absolute atomic E-state index is 0.180. The zero-order chi connectivity index (χ0) is 23.9. The number of methoxy groups -OCH3 is 2. The summed E-state index contributed by atoms with van der Waals surface area (Å²) in [5.41, 5.74) is 2.53. The van der Waals surface area contributed by atoms with Crippen molar-refractivity contribution in [1.29, 1.82) is 0 Å². The molecule has 0 spiro atoms. The van der Waals surface area contributed by atoms with E-state index in [9.17, 15) is 4.79 Å². The Labute approximate surface area is 197 Å². The lowest BCUT2D eigenvalue weighted by Gasteiger charge is -2.08. The molecule has 8 nitrogen and oxygen atoms in total. The lowest BCUT2D eigenvalue weighted by atomic mass is 10.1. The number of nitrogens with zero attached hydrogens (tertiary/aromatic N) is 3. The number of hydrogen-bond donors (Lipinski definition) is 1. The number of aryl methyl sites for hydroxylation is 1. The summed E-state index contributed by atoms with van der Waals surface area (Å²) in [6.07, 6.45) is 1.73. The van der Waals surface area contributed by atoms with Crippen LogP contribution in [0.5, 0.6) is 17.2 Å². The number of fused-ring (bicyclic) bond motifs is 1. The fourth-order valence-corrected chi connectivity index (χ4v) is 3.46. The first kappa shape index (κ1) is 22.7. The van der Waals surface area contributed by atoms with Crippen molar-refractivity contribution < 1.29 is 19.0 Å². The van der Waals surface area contributed by atoms with E-state index in [1.807, 2.05) is 36.4 Å². The predicted molar refractivity (Wildman–Crippen MR) is 129 cm³/mol. The van der Waals surface area contributed by atoms with Crippen LogP contribution < -0.4 is 19.5 Å². The Kier molecular flexibility index (Phi) is 6.94. The highest BCUT2D eigenvalue weighted by Gasteiger charge is 2.17. The van der Waals surface area contributed by atoms with Crippen LogP contribution >= 0.6 is 0 Å². The van der Waals surface area contributed by atoms with Gasteiger partial charge < -0.3 is 19.5 Å². The van der Waals surface area contributed by atoms with Crippen LogP contribution in [0.1, 0.15) is 10.5 Å². The van der Waals surface area contributed by atoms with Crippen molar-refractivity contribution in [3.05, 3.63) is 66.5 Å². The SMILES string of the molecule is COc1ccc(OC)c(-c2cc(C(=O)NCC#CCOc3cccc4cccnc34)n(C)n2)c1. The van der Waals surface area contributed by atoms with E-state index in [1.54, 1.807) is 45.7 Å². The van der Waals surface area contributed by atoms with Gasteiger partial charge in [-0.3, -0.25) is 14.5 Å². The van der Waals surface area contributed by atoms with Gasteiger partial charge in [0, 0.05) is 24.2 Å². The zero-order valence-electron chi connectivity index (χ0n) is 19.2. The van der Waals surface area contributed by atoms with Gasteiger partial charge in [0.15, 0.2) is 0 Å². The smallest absolute Gasteiger partial charge is 0.270 e. The maximum Gasteiger partial charge on any atom is 0.270 e. The van der Waals surface area contributed by atoms with Gasteiger partial charge in [-0.15, -0.1) is 0 Å². The molecule has 0 aliphatic carbocycles. The molecule has 0 aliphatic rings. The Morgan fingerprint density at radius 3 is 2.71 bits per heavy atom. The molecule has 4 aromatic rings. The van der Waals surface area contributed by atoms with Gasteiger partial charge in [0.25, 0.3) is 5.91 Å². The minimum Gasteiger partial charge on any atom is -0.497 e. The second-order valence-corrected chi connectivity index (χ2v) is 7.26. The highest BCUT2D eigenvalue weighted by Crippen LogP contribution is 2.33. The number of carbonyl (C=O) groups excluding carboxylic acids is 1. The molecule has 8 heteroatoms. The normalized spacial score (nSPS) is 10.3. The minimum atomic E-state index is -0.281. The third kappa shape index (κ3) is 4.94. The van der Waals surface area contributed by atoms with Crippen LogP contribution in [-0.2, 0) is 7.05 Å². The zero-order valence-corrected chi connectivity index (χ0v) is 19.2. The first-order chi connectivity index (χ1) is 16.6. The van der Waals surface area contributed by atoms with E-state index in [1.165, 1.54) is 4.68 Å². The number of pyridine rings is 1. The average Bonchev–Trinajstić information content (AvgIpc) is 3.27. The van der Waals surface area contributed by atoms with Crippen molar-refractivity contribution in [3.63, 3.8) is 0 Å². The Bertz CT molecular complexity index is 1380. The third-order valence-corrected chi connectivity index (χ3v) is 5.15. The lowest BCUT2D eigenvalue weighted by molar-refractivity contribution is 0.0949. The molecular weight excluding hydrogens is 432 g/mol. The molecule has 0 atom stereocenters. The number of nitrogens with one attached hydrogen (secondary N) is 1. The van der Waals surface area contributed by atoms with Gasteiger partial charge in [0.2, 0.25) is 0 Å². The van der Waals surface area contributed by atoms with Gasteiger partial charge in [-0.05, 0) is 36.4 Å². The number of amides is 1. The van der Waals surface area contributed by atoms with Crippen LogP contribution in [-0.4, -0.2) is 48.0 Å². The van der Waals surface area contributed by atoms with Crippen molar-refractivity contribution in [2.24, 2.45) is 7.05 Å². The van der Waals surface area contributed by atoms with Gasteiger partial charge >= 0.3 is 0 Å². The van der Waals surface area contributed by atoms with Gasteiger partial charge in [-0.1, -0.05) is 30.0 Å². The van der Waals surface area contributed by atoms with Crippen molar-refractivity contribution in [2.75, 3.05) is 27.4 Å². The Morgan fingerprint density at radius 1 is 1.03 bits per heavy atom. The number of para-hydroxylation sites is 1. The molecule has 0 saturated carbocycles. The fourth-order valence-electron chi connectivity index (χ4n) is 3.46. The van der Waals surface area contributed by atoms with E-state index in [2.05, 4.69) is 27.2 Å². The fraction of sp³-hybridized carbons (Fsp3) is 0.192. The number of ether oxygens (including phenoxy) is 3. The lowest BCUT2D eigenvalue weighted by Crippen LogP contribution is -2.25. The van der Waals surface area contributed by atoms with E-state index in [-0.39, 0.29) is 19.1 Å². The molecule has 34 heavy (non-hydrogen) atoms. The highest BCUT2D eigenvalue weighted by atomic mass is 16.5. The topological polar surface area (TPSA) is 87.5 Å². The van der Waals surface area contributed by atoms with E-state index < -0.39 is 0 Å². The number of aromatic nitrogens is 3. The van der Waals surface area contributed by atoms with Gasteiger partial charge in [-0.2, -0.15) is 5.10 Å². The van der Waals surface area contributed by atoms with Crippen LogP contribution in [0.3, 0.4) is 0 Å². The van der Waals surface area contributed by atoms with E-state index in [0.717, 1.165) is 16.5 Å². The van der Waals surface area contributed by atoms with Gasteiger partial charge in [0.05, 0.1) is 26.5 Å². The van der Waals surface area contributed by atoms with Gasteiger partial charge in [0.1, 0.15) is 35.1 Å². The summed E-state index contributed by atoms with van der Waals surface area (Å²) in [5.74, 6) is 7.51. The van der Waals surface area contributed by atoms with Crippen LogP contribution in [0.4, 0.5) is 0 Å². The molecular formula is C26H24N4O4. The predicted octanol–water partition coefficient (Wildman–Crippen LogP) is 3.46. The van der Waals surface area contributed by atoms with E-state index in [0.29, 0.717) is 28.6 Å². The Balaban J connectivity index is 1.37. The molecule has 0 radical (unpaired) electrons. The molecule has 2 heterocycles. The quantitative estimate of drug-likeness (QED) is 0.429. The van der Waals surface area contributed by atoms with E-state index >= 15 is 0 Å². The van der Waals surface area contributed by atoms with Crippen LogP contribution in [0.2, 0.25) is 0 Å². The van der Waals surface area contributed by atoms with Crippen molar-refractivity contribution in [3.8, 4) is 40.3 Å². The summed E-state index contributed by atoms with van der Waals surface area (Å²) < 4.78 is 18.0. The maximum absolute atomic E-state index is 12.7. The van der Waals surface area contributed by atoms with Crippen molar-refractivity contribution in [1.82, 2.24) is 20.1 Å². The monoisotopic (exact) mass is 456 g/mol. The average molecular weight is 457 g/mol. The number of benzene rings is 2. The molecule has 172 valence electrons. The molecule has 0 fully saturated rings. The molecule has 0 saturated heterocycles. The van der Waals surface area contributed by atoms with E-state index in [4.69, 9.17) is 14.2 Å². The van der Waals surface area contributed by atoms with Crippen molar-refractivity contribution in [2.45, 2.75) is 0 Å². The number of rotatable bonds is 7. The molecule has 4 rings (SSSR count). The molecule has 0 aliphatic heterocycles. The summed E-state index contributed by atoms with van der Waals surface area (Å²) in [6.45, 7) is 0.371. The second-order valence-electron chi connectivity index (χ2n) is 7.26. The third-order valence-electron chi connectivity index (χ3n) is 5.15. The summed E-state index contributed by atoms with van der Waals surface area (Å²) in [7, 11) is 4.89. The van der Waals surface area contributed by atoms with Crippen molar-refractivity contribution >= 4 is 16.8 Å². The number of hydrogen-bond acceptors (Lipinski definition) is 6. The second kappa shape index (κ2) is 10.4. The van der Waals surface area contributed by atoms with Gasteiger partial charge in [-0.25, -0.2) is 0 Å². The molecule has 2 aromatic carbocycles. The highest BCUT2D eigenvalue weighted by molar-refractivity contribution is 5.94. The largest absolute Gasteiger partial charge is 0.497 e. The molecule has 1 amide bonds. The summed E-state index contributed by atoms with van der Waals surface area (Å²) in [6, 6.07) is 16.7. The standard InChI is InChI=1S/C26H24N4O4/c1-30-22(17-21(29-30)20-16-19(32-2)11-12-23(20)33-3)26(31)28-13-4-5-15-34-24-10-6-8-18-9-7-14-27-25(18)24/h6-12,14,16-17H,13,15H2,1-3H3,(H,28,31). The molecule has 0 unspecified atom stereocenters. The first-order valence-corrected chi connectivity index (χ1v) is 10.6.